The lowest BCUT2D eigenvalue weighted by molar-refractivity contribution is -0.111. The van der Waals surface area contributed by atoms with Gasteiger partial charge in [0.1, 0.15) is 0 Å². The third kappa shape index (κ3) is 6.43. The number of amides is 2. The fourth-order valence-corrected chi connectivity index (χ4v) is 2.88. The first-order valence-electron chi connectivity index (χ1n) is 10.1. The molecule has 0 aliphatic rings. The minimum Gasteiger partial charge on any atom is -0.493 e. The first kappa shape index (κ1) is 22.6. The van der Waals surface area contributed by atoms with Gasteiger partial charge in [0.05, 0.1) is 13.2 Å². The van der Waals surface area contributed by atoms with Gasteiger partial charge in [0, 0.05) is 35.4 Å². The van der Waals surface area contributed by atoms with Crippen LogP contribution in [-0.4, -0.2) is 30.0 Å². The predicted octanol–water partition coefficient (Wildman–Crippen LogP) is 4.78. The minimum atomic E-state index is -0.302. The van der Waals surface area contributed by atoms with E-state index in [0.29, 0.717) is 28.4 Å². The quantitative estimate of drug-likeness (QED) is 0.501. The van der Waals surface area contributed by atoms with Crippen LogP contribution in [0.2, 0.25) is 0 Å². The van der Waals surface area contributed by atoms with Gasteiger partial charge in [-0.2, -0.15) is 0 Å². The summed E-state index contributed by atoms with van der Waals surface area (Å²) in [4.78, 5) is 28.5. The fraction of sp³-hybridized carbons (Fsp3) is 0.160. The number of benzene rings is 2. The lowest BCUT2D eigenvalue weighted by atomic mass is 10.2. The first-order chi connectivity index (χ1) is 15.4. The molecule has 0 aliphatic carbocycles. The van der Waals surface area contributed by atoms with Crippen LogP contribution in [0.4, 0.5) is 11.4 Å². The Hall–Kier alpha value is -4.13. The van der Waals surface area contributed by atoms with Gasteiger partial charge in [0.25, 0.3) is 5.91 Å². The number of rotatable bonds is 8. The molecule has 1 aromatic heterocycles. The van der Waals surface area contributed by atoms with E-state index < -0.39 is 0 Å². The average Bonchev–Trinajstić information content (AvgIpc) is 2.79. The van der Waals surface area contributed by atoms with E-state index in [-0.39, 0.29) is 17.9 Å². The lowest BCUT2D eigenvalue weighted by Gasteiger charge is -2.13. The number of carbonyl (C=O) groups is 2. The molecule has 0 aliphatic heterocycles. The summed E-state index contributed by atoms with van der Waals surface area (Å²) in [6.45, 7) is 3.88. The molecule has 0 atom stereocenters. The number of hydrogen-bond acceptors (Lipinski definition) is 5. The number of nitrogens with one attached hydrogen (secondary N) is 2. The SMILES string of the molecule is COc1cc(/C=C/C(=O)Nc2cccc(NC(=O)c3ccncc3)c2)ccc1OC(C)C. The molecule has 0 bridgehead atoms. The minimum absolute atomic E-state index is 0.0290. The Morgan fingerprint density at radius 3 is 2.34 bits per heavy atom. The monoisotopic (exact) mass is 431 g/mol. The molecule has 0 unspecified atom stereocenters. The van der Waals surface area contributed by atoms with Crippen LogP contribution in [0.1, 0.15) is 29.8 Å². The van der Waals surface area contributed by atoms with Crippen LogP contribution in [0.3, 0.4) is 0 Å². The summed E-state index contributed by atoms with van der Waals surface area (Å²) in [6.07, 6.45) is 6.25. The van der Waals surface area contributed by atoms with Gasteiger partial charge in [0.2, 0.25) is 5.91 Å². The molecule has 0 spiro atoms. The number of ether oxygens (including phenoxy) is 2. The van der Waals surface area contributed by atoms with Crippen molar-refractivity contribution in [3.63, 3.8) is 0 Å². The molecule has 3 rings (SSSR count). The zero-order chi connectivity index (χ0) is 22.9. The Morgan fingerprint density at radius 2 is 1.66 bits per heavy atom. The second kappa shape index (κ2) is 10.8. The third-order valence-electron chi connectivity index (χ3n) is 4.31. The van der Waals surface area contributed by atoms with Gasteiger partial charge < -0.3 is 20.1 Å². The lowest BCUT2D eigenvalue weighted by Crippen LogP contribution is -2.12. The van der Waals surface area contributed by atoms with E-state index in [9.17, 15) is 9.59 Å². The van der Waals surface area contributed by atoms with E-state index in [1.165, 1.54) is 6.08 Å². The van der Waals surface area contributed by atoms with Crippen LogP contribution in [0.5, 0.6) is 11.5 Å². The molecule has 3 aromatic rings. The van der Waals surface area contributed by atoms with E-state index in [0.717, 1.165) is 5.56 Å². The zero-order valence-corrected chi connectivity index (χ0v) is 18.2. The van der Waals surface area contributed by atoms with Gasteiger partial charge in [0.15, 0.2) is 11.5 Å². The van der Waals surface area contributed by atoms with E-state index in [1.807, 2.05) is 26.0 Å². The Labute approximate surface area is 187 Å². The molecule has 0 saturated heterocycles. The molecule has 164 valence electrons. The maximum absolute atomic E-state index is 12.4. The van der Waals surface area contributed by atoms with E-state index in [1.54, 1.807) is 68.0 Å². The molecule has 0 radical (unpaired) electrons. The maximum atomic E-state index is 12.4. The standard InChI is InChI=1S/C25H25N3O4/c1-17(2)32-22-9-7-18(15-23(22)31-3)8-10-24(29)27-20-5-4-6-21(16-20)28-25(30)19-11-13-26-14-12-19/h4-17H,1-3H3,(H,27,29)(H,28,30)/b10-8+. The van der Waals surface area contributed by atoms with Crippen molar-refractivity contribution in [2.24, 2.45) is 0 Å². The van der Waals surface area contributed by atoms with Crippen molar-refractivity contribution in [1.29, 1.82) is 0 Å². The topological polar surface area (TPSA) is 89.6 Å². The normalized spacial score (nSPS) is 10.8. The predicted molar refractivity (Wildman–Crippen MR) is 125 cm³/mol. The smallest absolute Gasteiger partial charge is 0.255 e. The van der Waals surface area contributed by atoms with Crippen LogP contribution in [-0.2, 0) is 4.79 Å². The summed E-state index contributed by atoms with van der Waals surface area (Å²) in [5, 5.41) is 5.59. The Balaban J connectivity index is 1.63. The van der Waals surface area contributed by atoms with Crippen molar-refractivity contribution in [3.8, 4) is 11.5 Å². The highest BCUT2D eigenvalue weighted by molar-refractivity contribution is 6.05. The molecule has 2 N–H and O–H groups in total. The van der Waals surface area contributed by atoms with Gasteiger partial charge in [-0.25, -0.2) is 0 Å². The van der Waals surface area contributed by atoms with Crippen molar-refractivity contribution in [2.75, 3.05) is 17.7 Å². The van der Waals surface area contributed by atoms with Crippen LogP contribution < -0.4 is 20.1 Å². The van der Waals surface area contributed by atoms with Crippen molar-refractivity contribution < 1.29 is 19.1 Å². The number of pyridine rings is 1. The number of nitrogens with zero attached hydrogens (tertiary/aromatic N) is 1. The molecule has 0 saturated carbocycles. The summed E-state index contributed by atoms with van der Waals surface area (Å²) in [6, 6.07) is 15.6. The van der Waals surface area contributed by atoms with Crippen molar-refractivity contribution >= 4 is 29.3 Å². The van der Waals surface area contributed by atoms with Crippen LogP contribution in [0, 0.1) is 0 Å². The Morgan fingerprint density at radius 1 is 0.938 bits per heavy atom. The maximum Gasteiger partial charge on any atom is 0.255 e. The molecule has 2 aromatic carbocycles. The Bertz CT molecular complexity index is 1110. The number of methoxy groups -OCH3 is 1. The molecule has 1 heterocycles. The largest absolute Gasteiger partial charge is 0.493 e. The average molecular weight is 431 g/mol. The number of carbonyl (C=O) groups excluding carboxylic acids is 2. The van der Waals surface area contributed by atoms with E-state index in [2.05, 4.69) is 15.6 Å². The van der Waals surface area contributed by atoms with Gasteiger partial charge >= 0.3 is 0 Å². The molecule has 32 heavy (non-hydrogen) atoms. The molecule has 0 fully saturated rings. The van der Waals surface area contributed by atoms with Gasteiger partial charge in [-0.3, -0.25) is 14.6 Å². The third-order valence-corrected chi connectivity index (χ3v) is 4.31. The highest BCUT2D eigenvalue weighted by Gasteiger charge is 2.08. The Kier molecular flexibility index (Phi) is 7.59. The van der Waals surface area contributed by atoms with Crippen molar-refractivity contribution in [1.82, 2.24) is 4.98 Å². The second-order valence-electron chi connectivity index (χ2n) is 7.17. The molecule has 7 heteroatoms. The fourth-order valence-electron chi connectivity index (χ4n) is 2.88. The van der Waals surface area contributed by atoms with Gasteiger partial charge in [-0.05, 0) is 68.0 Å². The van der Waals surface area contributed by atoms with Crippen LogP contribution in [0.15, 0.2) is 73.1 Å². The van der Waals surface area contributed by atoms with Crippen molar-refractivity contribution in [3.05, 3.63) is 84.2 Å². The van der Waals surface area contributed by atoms with Gasteiger partial charge in [-0.1, -0.05) is 12.1 Å². The summed E-state index contributed by atoms with van der Waals surface area (Å²) >= 11 is 0. The molecular formula is C25H25N3O4. The highest BCUT2D eigenvalue weighted by atomic mass is 16.5. The van der Waals surface area contributed by atoms with E-state index >= 15 is 0 Å². The van der Waals surface area contributed by atoms with Crippen molar-refractivity contribution in [2.45, 2.75) is 20.0 Å². The summed E-state index contributed by atoms with van der Waals surface area (Å²) in [5.41, 5.74) is 2.42. The number of aromatic nitrogens is 1. The van der Waals surface area contributed by atoms with E-state index in [4.69, 9.17) is 9.47 Å². The summed E-state index contributed by atoms with van der Waals surface area (Å²) in [7, 11) is 1.57. The zero-order valence-electron chi connectivity index (χ0n) is 18.2. The second-order valence-corrected chi connectivity index (χ2v) is 7.17. The molecular weight excluding hydrogens is 406 g/mol. The number of anilines is 2. The van der Waals surface area contributed by atoms with Gasteiger partial charge in [-0.15, -0.1) is 0 Å². The highest BCUT2D eigenvalue weighted by Crippen LogP contribution is 2.29. The number of hydrogen-bond donors (Lipinski definition) is 2. The first-order valence-corrected chi connectivity index (χ1v) is 10.1. The van der Waals surface area contributed by atoms with Crippen LogP contribution in [0.25, 0.3) is 6.08 Å². The summed E-state index contributed by atoms with van der Waals surface area (Å²) < 4.78 is 11.1. The molecule has 2 amide bonds. The molecule has 7 nitrogen and oxygen atoms in total. The van der Waals surface area contributed by atoms with Crippen LogP contribution >= 0.6 is 0 Å². The summed E-state index contributed by atoms with van der Waals surface area (Å²) in [5.74, 6) is 0.687.